The van der Waals surface area contributed by atoms with Crippen molar-refractivity contribution in [1.82, 2.24) is 5.32 Å². The first kappa shape index (κ1) is 17.2. The smallest absolute Gasteiger partial charge is 0.269 e. The van der Waals surface area contributed by atoms with Crippen LogP contribution in [0.1, 0.15) is 36.6 Å². The third-order valence-electron chi connectivity index (χ3n) is 4.56. The minimum Gasteiger partial charge on any atom is -0.493 e. The molecule has 0 spiro atoms. The third kappa shape index (κ3) is 3.30. The molecule has 0 bridgehead atoms. The van der Waals surface area contributed by atoms with E-state index in [1.807, 2.05) is 12.1 Å². The summed E-state index contributed by atoms with van der Waals surface area (Å²) in [5.74, 6) is 1.39. The molecule has 6 nitrogen and oxygen atoms in total. The zero-order valence-electron chi connectivity index (χ0n) is 14.8. The van der Waals surface area contributed by atoms with Crippen LogP contribution in [0, 0.1) is 10.1 Å². The predicted molar refractivity (Wildman–Crippen MR) is 95.4 cm³/mol. The van der Waals surface area contributed by atoms with Crippen molar-refractivity contribution < 1.29 is 14.4 Å². The van der Waals surface area contributed by atoms with Crippen molar-refractivity contribution in [2.75, 3.05) is 14.2 Å². The Bertz CT molecular complexity index is 800. The second kappa shape index (κ2) is 6.37. The van der Waals surface area contributed by atoms with Crippen molar-refractivity contribution in [3.05, 3.63) is 63.2 Å². The molecule has 1 N–H and O–H groups in total. The van der Waals surface area contributed by atoms with Gasteiger partial charge in [0.2, 0.25) is 0 Å². The summed E-state index contributed by atoms with van der Waals surface area (Å²) in [5.41, 5.74) is 3.24. The van der Waals surface area contributed by atoms with Crippen LogP contribution < -0.4 is 14.8 Å². The summed E-state index contributed by atoms with van der Waals surface area (Å²) >= 11 is 0. The van der Waals surface area contributed by atoms with Gasteiger partial charge in [-0.05, 0) is 49.1 Å². The van der Waals surface area contributed by atoms with Crippen LogP contribution in [0.5, 0.6) is 11.5 Å². The number of nitro benzene ring substituents is 1. The fourth-order valence-electron chi connectivity index (χ4n) is 3.41. The number of methoxy groups -OCH3 is 2. The maximum Gasteiger partial charge on any atom is 0.269 e. The molecule has 6 heteroatoms. The van der Waals surface area contributed by atoms with Crippen molar-refractivity contribution in [3.8, 4) is 11.5 Å². The standard InChI is InChI=1S/C19H22N2O4/c1-19(2)11-13-9-16(24-3)17(25-4)10-15(13)18(20-19)12-5-7-14(8-6-12)21(22)23/h5-10,18,20H,11H2,1-4H3. The van der Waals surface area contributed by atoms with Crippen molar-refractivity contribution in [2.45, 2.75) is 31.8 Å². The number of fused-ring (bicyclic) bond motifs is 1. The lowest BCUT2D eigenvalue weighted by molar-refractivity contribution is -0.384. The summed E-state index contributed by atoms with van der Waals surface area (Å²) in [6.45, 7) is 4.29. The van der Waals surface area contributed by atoms with Crippen LogP contribution in [-0.2, 0) is 6.42 Å². The average molecular weight is 342 g/mol. The van der Waals surface area contributed by atoms with Gasteiger partial charge in [-0.15, -0.1) is 0 Å². The highest BCUT2D eigenvalue weighted by atomic mass is 16.6. The molecule has 1 aliphatic rings. The molecule has 0 amide bonds. The highest BCUT2D eigenvalue weighted by Crippen LogP contribution is 2.40. The van der Waals surface area contributed by atoms with E-state index >= 15 is 0 Å². The molecule has 1 unspecified atom stereocenters. The number of rotatable bonds is 4. The number of nitrogens with one attached hydrogen (secondary N) is 1. The summed E-state index contributed by atoms with van der Waals surface area (Å²) in [4.78, 5) is 10.5. The van der Waals surface area contributed by atoms with E-state index in [2.05, 4.69) is 19.2 Å². The first-order valence-corrected chi connectivity index (χ1v) is 8.11. The van der Waals surface area contributed by atoms with Crippen molar-refractivity contribution in [1.29, 1.82) is 0 Å². The molecule has 0 saturated carbocycles. The molecule has 3 rings (SSSR count). The fraction of sp³-hybridized carbons (Fsp3) is 0.368. The molecule has 1 atom stereocenters. The largest absolute Gasteiger partial charge is 0.493 e. The molecule has 0 aromatic heterocycles. The van der Waals surface area contributed by atoms with E-state index < -0.39 is 0 Å². The molecule has 2 aromatic carbocycles. The molecule has 2 aromatic rings. The second-order valence-electron chi connectivity index (χ2n) is 6.89. The van der Waals surface area contributed by atoms with Crippen molar-refractivity contribution >= 4 is 5.69 Å². The second-order valence-corrected chi connectivity index (χ2v) is 6.89. The van der Waals surface area contributed by atoms with Crippen LogP contribution in [0.15, 0.2) is 36.4 Å². The Hall–Kier alpha value is -2.60. The van der Waals surface area contributed by atoms with E-state index in [4.69, 9.17) is 9.47 Å². The SMILES string of the molecule is COc1cc2c(cc1OC)C(c1ccc([N+](=O)[O-])cc1)NC(C)(C)C2. The van der Waals surface area contributed by atoms with Crippen LogP contribution in [0.3, 0.4) is 0 Å². The van der Waals surface area contributed by atoms with Gasteiger partial charge in [0.05, 0.1) is 25.2 Å². The van der Waals surface area contributed by atoms with Gasteiger partial charge >= 0.3 is 0 Å². The number of non-ortho nitro benzene ring substituents is 1. The molecule has 1 aliphatic heterocycles. The predicted octanol–water partition coefficient (Wildman–Crippen LogP) is 3.63. The Labute approximate surface area is 146 Å². The van der Waals surface area contributed by atoms with Gasteiger partial charge in [-0.2, -0.15) is 0 Å². The molecule has 0 fully saturated rings. The van der Waals surface area contributed by atoms with Gasteiger partial charge in [0, 0.05) is 17.7 Å². The van der Waals surface area contributed by atoms with Gasteiger partial charge in [0.1, 0.15) is 0 Å². The lowest BCUT2D eigenvalue weighted by Gasteiger charge is -2.39. The minimum atomic E-state index is -0.385. The Morgan fingerprint density at radius 2 is 1.72 bits per heavy atom. The first-order valence-electron chi connectivity index (χ1n) is 8.11. The molecule has 0 aliphatic carbocycles. The molecule has 0 saturated heterocycles. The van der Waals surface area contributed by atoms with Gasteiger partial charge in [-0.25, -0.2) is 0 Å². The molecular formula is C19H22N2O4. The molecular weight excluding hydrogens is 320 g/mol. The Morgan fingerprint density at radius 3 is 2.28 bits per heavy atom. The quantitative estimate of drug-likeness (QED) is 0.678. The van der Waals surface area contributed by atoms with Crippen LogP contribution in [-0.4, -0.2) is 24.7 Å². The lowest BCUT2D eigenvalue weighted by atomic mass is 9.81. The van der Waals surface area contributed by atoms with E-state index in [9.17, 15) is 10.1 Å². The normalized spacial score (nSPS) is 18.3. The number of hydrogen-bond acceptors (Lipinski definition) is 5. The average Bonchev–Trinajstić information content (AvgIpc) is 2.59. The summed E-state index contributed by atoms with van der Waals surface area (Å²) in [5, 5.41) is 14.5. The maximum absolute atomic E-state index is 10.9. The van der Waals surface area contributed by atoms with Crippen molar-refractivity contribution in [2.24, 2.45) is 0 Å². The zero-order chi connectivity index (χ0) is 18.2. The van der Waals surface area contributed by atoms with E-state index in [1.54, 1.807) is 38.5 Å². The molecule has 132 valence electrons. The fourth-order valence-corrected chi connectivity index (χ4v) is 3.41. The monoisotopic (exact) mass is 342 g/mol. The summed E-state index contributed by atoms with van der Waals surface area (Å²) < 4.78 is 10.9. The summed E-state index contributed by atoms with van der Waals surface area (Å²) in [7, 11) is 3.25. The Morgan fingerprint density at radius 1 is 1.12 bits per heavy atom. The van der Waals surface area contributed by atoms with Crippen LogP contribution >= 0.6 is 0 Å². The van der Waals surface area contributed by atoms with Crippen LogP contribution in [0.4, 0.5) is 5.69 Å². The van der Waals surface area contributed by atoms with E-state index in [-0.39, 0.29) is 22.2 Å². The number of ether oxygens (including phenoxy) is 2. The van der Waals surface area contributed by atoms with Gasteiger partial charge in [0.25, 0.3) is 5.69 Å². The Kier molecular flexibility index (Phi) is 4.39. The first-order chi connectivity index (χ1) is 11.8. The summed E-state index contributed by atoms with van der Waals surface area (Å²) in [6.07, 6.45) is 0.853. The van der Waals surface area contributed by atoms with Crippen LogP contribution in [0.2, 0.25) is 0 Å². The topological polar surface area (TPSA) is 73.6 Å². The summed E-state index contributed by atoms with van der Waals surface area (Å²) in [6, 6.07) is 10.6. The van der Waals surface area contributed by atoms with E-state index in [1.165, 1.54) is 5.56 Å². The van der Waals surface area contributed by atoms with Crippen LogP contribution in [0.25, 0.3) is 0 Å². The highest BCUT2D eigenvalue weighted by molar-refractivity contribution is 5.52. The number of benzene rings is 2. The zero-order valence-corrected chi connectivity index (χ0v) is 14.8. The molecule has 1 heterocycles. The van der Waals surface area contributed by atoms with Gasteiger partial charge in [-0.3, -0.25) is 10.1 Å². The molecule has 25 heavy (non-hydrogen) atoms. The number of hydrogen-bond donors (Lipinski definition) is 1. The van der Waals surface area contributed by atoms with Gasteiger partial charge < -0.3 is 14.8 Å². The maximum atomic E-state index is 10.9. The number of nitrogens with zero attached hydrogens (tertiary/aromatic N) is 1. The minimum absolute atomic E-state index is 0.0700. The van der Waals surface area contributed by atoms with Gasteiger partial charge in [-0.1, -0.05) is 12.1 Å². The Balaban J connectivity index is 2.10. The van der Waals surface area contributed by atoms with Crippen molar-refractivity contribution in [3.63, 3.8) is 0 Å². The van der Waals surface area contributed by atoms with E-state index in [0.29, 0.717) is 11.5 Å². The lowest BCUT2D eigenvalue weighted by Crippen LogP contribution is -2.47. The third-order valence-corrected chi connectivity index (χ3v) is 4.56. The van der Waals surface area contributed by atoms with Gasteiger partial charge in [0.15, 0.2) is 11.5 Å². The van der Waals surface area contributed by atoms with E-state index in [0.717, 1.165) is 17.5 Å². The molecule has 0 radical (unpaired) electrons. The number of nitro groups is 1. The highest BCUT2D eigenvalue weighted by Gasteiger charge is 2.33.